The molecular weight excluding hydrogens is 266 g/mol. The number of allylic oxidation sites excluding steroid dienone is 1. The number of nitrogens with zero attached hydrogens (tertiary/aromatic N) is 2. The summed E-state index contributed by atoms with van der Waals surface area (Å²) in [5.41, 5.74) is 2.38. The van der Waals surface area contributed by atoms with Gasteiger partial charge in [-0.1, -0.05) is 25.4 Å². The number of rotatable bonds is 3. The van der Waals surface area contributed by atoms with Gasteiger partial charge in [-0.15, -0.1) is 0 Å². The zero-order valence-corrected chi connectivity index (χ0v) is 11.7. The first kappa shape index (κ1) is 13.5. The molecule has 1 heterocycles. The lowest BCUT2D eigenvalue weighted by atomic mass is 9.97. The van der Waals surface area contributed by atoms with Crippen molar-refractivity contribution in [1.82, 2.24) is 10.2 Å². The lowest BCUT2D eigenvalue weighted by Gasteiger charge is -2.10. The number of aromatic amines is 1. The fourth-order valence-corrected chi connectivity index (χ4v) is 2.43. The van der Waals surface area contributed by atoms with Gasteiger partial charge in [-0.05, 0) is 23.6 Å². The molecule has 2 rings (SSSR count). The average molecular weight is 280 g/mol. The van der Waals surface area contributed by atoms with Crippen LogP contribution in [0.5, 0.6) is 0 Å². The Morgan fingerprint density at radius 1 is 1.53 bits per heavy atom. The molecule has 0 radical (unpaired) electrons. The number of fused-ring (bicyclic) bond motifs is 1. The van der Waals surface area contributed by atoms with Crippen molar-refractivity contribution in [1.29, 1.82) is 0 Å². The number of aromatic nitrogens is 2. The van der Waals surface area contributed by atoms with Crippen LogP contribution in [-0.2, 0) is 0 Å². The third kappa shape index (κ3) is 2.46. The molecule has 1 aromatic carbocycles. The predicted molar refractivity (Wildman–Crippen MR) is 75.8 cm³/mol. The molecule has 0 saturated carbocycles. The fraction of sp³-hybridized carbons (Fsp3) is 0.308. The molecule has 0 spiro atoms. The topological polar surface area (TPSA) is 71.8 Å². The van der Waals surface area contributed by atoms with Gasteiger partial charge in [0.25, 0.3) is 0 Å². The SMILES string of the molecule is CC(=Cc1n[nH]c2ccc(Cl)c(C(C)C)c12)[N+](=O)[O-]. The summed E-state index contributed by atoms with van der Waals surface area (Å²) in [6.45, 7) is 5.50. The number of H-pyrrole nitrogens is 1. The zero-order valence-electron chi connectivity index (χ0n) is 10.9. The smallest absolute Gasteiger partial charge is 0.245 e. The normalized spacial score (nSPS) is 12.4. The second-order valence-corrected chi connectivity index (χ2v) is 5.10. The molecule has 6 heteroatoms. The second-order valence-electron chi connectivity index (χ2n) is 4.69. The lowest BCUT2D eigenvalue weighted by molar-refractivity contribution is -0.422. The van der Waals surface area contributed by atoms with E-state index in [4.69, 9.17) is 11.6 Å². The van der Waals surface area contributed by atoms with Gasteiger partial charge in [0, 0.05) is 23.4 Å². The van der Waals surface area contributed by atoms with Crippen LogP contribution in [0, 0.1) is 10.1 Å². The lowest BCUT2D eigenvalue weighted by Crippen LogP contribution is -1.95. The minimum atomic E-state index is -0.430. The van der Waals surface area contributed by atoms with Gasteiger partial charge >= 0.3 is 0 Å². The number of halogens is 1. The van der Waals surface area contributed by atoms with Gasteiger partial charge in [0.15, 0.2) is 0 Å². The van der Waals surface area contributed by atoms with Crippen LogP contribution in [0.2, 0.25) is 5.02 Å². The molecule has 1 aromatic heterocycles. The van der Waals surface area contributed by atoms with E-state index in [2.05, 4.69) is 10.2 Å². The molecular formula is C13H14ClN3O2. The van der Waals surface area contributed by atoms with Gasteiger partial charge < -0.3 is 0 Å². The predicted octanol–water partition coefficient (Wildman–Crippen LogP) is 3.98. The van der Waals surface area contributed by atoms with E-state index in [0.717, 1.165) is 16.5 Å². The minimum absolute atomic E-state index is 0.0445. The van der Waals surface area contributed by atoms with Crippen molar-refractivity contribution < 1.29 is 4.92 Å². The summed E-state index contributed by atoms with van der Waals surface area (Å²) in [5.74, 6) is 0.205. The molecule has 0 amide bonds. The maximum absolute atomic E-state index is 10.7. The fourth-order valence-electron chi connectivity index (χ4n) is 2.06. The number of hydrogen-bond donors (Lipinski definition) is 1. The molecule has 0 aliphatic carbocycles. The van der Waals surface area contributed by atoms with E-state index < -0.39 is 4.92 Å². The summed E-state index contributed by atoms with van der Waals surface area (Å²) in [6.07, 6.45) is 1.46. The summed E-state index contributed by atoms with van der Waals surface area (Å²) >= 11 is 6.23. The van der Waals surface area contributed by atoms with Crippen LogP contribution in [0.4, 0.5) is 0 Å². The third-order valence-corrected chi connectivity index (χ3v) is 3.29. The Hall–Kier alpha value is -1.88. The van der Waals surface area contributed by atoms with E-state index in [9.17, 15) is 10.1 Å². The molecule has 19 heavy (non-hydrogen) atoms. The van der Waals surface area contributed by atoms with Crippen molar-refractivity contribution in [2.24, 2.45) is 0 Å². The molecule has 0 fully saturated rings. The summed E-state index contributed by atoms with van der Waals surface area (Å²) in [6, 6.07) is 3.64. The van der Waals surface area contributed by atoms with Crippen molar-refractivity contribution in [3.05, 3.63) is 44.2 Å². The monoisotopic (exact) mass is 279 g/mol. The Labute approximate surface area is 115 Å². The van der Waals surface area contributed by atoms with Gasteiger partial charge in [0.1, 0.15) is 0 Å². The van der Waals surface area contributed by atoms with Crippen LogP contribution >= 0.6 is 11.6 Å². The van der Waals surface area contributed by atoms with Gasteiger partial charge in [0.2, 0.25) is 5.70 Å². The summed E-state index contributed by atoms with van der Waals surface area (Å²) < 4.78 is 0. The first-order valence-electron chi connectivity index (χ1n) is 5.91. The molecule has 0 atom stereocenters. The average Bonchev–Trinajstić information content (AvgIpc) is 2.71. The van der Waals surface area contributed by atoms with E-state index in [1.165, 1.54) is 13.0 Å². The summed E-state index contributed by atoms with van der Waals surface area (Å²) in [5, 5.41) is 19.2. The number of benzene rings is 1. The first-order chi connectivity index (χ1) is 8.91. The maximum atomic E-state index is 10.7. The molecule has 5 nitrogen and oxygen atoms in total. The van der Waals surface area contributed by atoms with Crippen molar-refractivity contribution in [2.75, 3.05) is 0 Å². The van der Waals surface area contributed by atoms with Crippen LogP contribution in [-0.4, -0.2) is 15.1 Å². The van der Waals surface area contributed by atoms with Crippen molar-refractivity contribution in [3.63, 3.8) is 0 Å². The molecule has 0 saturated heterocycles. The quantitative estimate of drug-likeness (QED) is 0.682. The van der Waals surface area contributed by atoms with Gasteiger partial charge in [0.05, 0.1) is 16.1 Å². The highest BCUT2D eigenvalue weighted by molar-refractivity contribution is 6.32. The Morgan fingerprint density at radius 2 is 2.21 bits per heavy atom. The molecule has 0 bridgehead atoms. The second kappa shape index (κ2) is 5.01. The van der Waals surface area contributed by atoms with E-state index in [1.54, 1.807) is 0 Å². The van der Waals surface area contributed by atoms with E-state index in [0.29, 0.717) is 10.7 Å². The van der Waals surface area contributed by atoms with Gasteiger partial charge in [-0.3, -0.25) is 15.2 Å². The molecule has 0 unspecified atom stereocenters. The Balaban J connectivity index is 2.74. The summed E-state index contributed by atoms with van der Waals surface area (Å²) in [4.78, 5) is 10.3. The highest BCUT2D eigenvalue weighted by Gasteiger charge is 2.16. The van der Waals surface area contributed by atoms with Gasteiger partial charge in [-0.25, -0.2) is 0 Å². The Bertz CT molecular complexity index is 674. The van der Waals surface area contributed by atoms with Gasteiger partial charge in [-0.2, -0.15) is 5.10 Å². The Morgan fingerprint density at radius 3 is 2.79 bits per heavy atom. The molecule has 0 aliphatic rings. The van der Waals surface area contributed by atoms with Crippen LogP contribution in [0.25, 0.3) is 17.0 Å². The van der Waals surface area contributed by atoms with Crippen molar-refractivity contribution in [3.8, 4) is 0 Å². The molecule has 1 N–H and O–H groups in total. The molecule has 100 valence electrons. The number of hydrogen-bond acceptors (Lipinski definition) is 3. The molecule has 0 aliphatic heterocycles. The standard InChI is InChI=1S/C13H14ClN3O2/c1-7(2)12-9(14)4-5-10-13(12)11(16-15-10)6-8(3)17(18)19/h4-7H,1-3H3,(H,15,16). The number of nitro groups is 1. The van der Waals surface area contributed by atoms with Crippen LogP contribution in [0.3, 0.4) is 0 Å². The van der Waals surface area contributed by atoms with E-state index >= 15 is 0 Å². The van der Waals surface area contributed by atoms with Crippen molar-refractivity contribution in [2.45, 2.75) is 26.7 Å². The Kier molecular flexibility index (Phi) is 3.57. The first-order valence-corrected chi connectivity index (χ1v) is 6.28. The van der Waals surface area contributed by atoms with E-state index in [1.807, 2.05) is 26.0 Å². The highest BCUT2D eigenvalue weighted by atomic mass is 35.5. The minimum Gasteiger partial charge on any atom is -0.277 e. The van der Waals surface area contributed by atoms with Crippen molar-refractivity contribution >= 4 is 28.6 Å². The molecule has 2 aromatic rings. The maximum Gasteiger partial charge on any atom is 0.245 e. The summed E-state index contributed by atoms with van der Waals surface area (Å²) in [7, 11) is 0. The van der Waals surface area contributed by atoms with Crippen LogP contribution < -0.4 is 0 Å². The third-order valence-electron chi connectivity index (χ3n) is 2.96. The largest absolute Gasteiger partial charge is 0.277 e. The number of nitrogens with one attached hydrogen (secondary N) is 1. The van der Waals surface area contributed by atoms with Crippen LogP contribution in [0.1, 0.15) is 37.9 Å². The van der Waals surface area contributed by atoms with Crippen LogP contribution in [0.15, 0.2) is 17.8 Å². The zero-order chi connectivity index (χ0) is 14.2. The van der Waals surface area contributed by atoms with E-state index in [-0.39, 0.29) is 11.6 Å². The highest BCUT2D eigenvalue weighted by Crippen LogP contribution is 2.33.